The molecule has 0 fully saturated rings. The minimum absolute atomic E-state index is 0.0150. The Kier molecular flexibility index (Phi) is 4.89. The fraction of sp³-hybridized carbons (Fsp3) is 0.238. The molecule has 0 unspecified atom stereocenters. The number of likely N-dealkylation sites (N-methyl/N-ethyl adjacent to an activating group) is 1. The van der Waals surface area contributed by atoms with E-state index < -0.39 is 27.2 Å². The predicted octanol–water partition coefficient (Wildman–Crippen LogP) is 3.46. The molecule has 2 aromatic rings. The highest BCUT2D eigenvalue weighted by molar-refractivity contribution is 7.89. The second-order valence-corrected chi connectivity index (χ2v) is 9.42. The maximum absolute atomic E-state index is 13.2. The van der Waals surface area contributed by atoms with E-state index in [1.165, 1.54) is 19.2 Å². The molecule has 0 aliphatic carbocycles. The molecule has 28 heavy (non-hydrogen) atoms. The van der Waals surface area contributed by atoms with Crippen LogP contribution in [0.1, 0.15) is 36.7 Å². The van der Waals surface area contributed by atoms with Crippen LogP contribution in [0.25, 0.3) is 5.76 Å². The van der Waals surface area contributed by atoms with Crippen LogP contribution in [0.5, 0.6) is 0 Å². The molecule has 2 aromatic carbocycles. The van der Waals surface area contributed by atoms with Crippen LogP contribution < -0.4 is 0 Å². The Morgan fingerprint density at radius 1 is 0.929 bits per heavy atom. The first-order valence-corrected chi connectivity index (χ1v) is 10.1. The molecule has 1 aliphatic rings. The molecule has 6 nitrogen and oxygen atoms in total. The van der Waals surface area contributed by atoms with Crippen LogP contribution in [-0.2, 0) is 19.6 Å². The molecule has 0 spiro atoms. The number of hydrogen-bond acceptors (Lipinski definition) is 5. The molecule has 0 radical (unpaired) electrons. The molecule has 0 saturated heterocycles. The van der Waals surface area contributed by atoms with Crippen molar-refractivity contribution in [1.29, 1.82) is 0 Å². The van der Waals surface area contributed by atoms with Crippen LogP contribution in [0.2, 0.25) is 0 Å². The van der Waals surface area contributed by atoms with Crippen LogP contribution in [0.4, 0.5) is 0 Å². The third-order valence-corrected chi connectivity index (χ3v) is 6.17. The Bertz CT molecular complexity index is 1080. The van der Waals surface area contributed by atoms with Crippen molar-refractivity contribution in [2.45, 2.75) is 25.7 Å². The second-order valence-electron chi connectivity index (χ2n) is 7.48. The molecule has 1 heterocycles. The SMILES string of the molecule is CN1C(C(=O)c2ccccc2)=C(OC(=O)C(C)(C)C)c2ccccc2S1(=O)=O. The fourth-order valence-corrected chi connectivity index (χ4v) is 4.13. The summed E-state index contributed by atoms with van der Waals surface area (Å²) in [7, 11) is -2.68. The number of ether oxygens (including phenoxy) is 1. The Balaban J connectivity index is 2.29. The first-order valence-electron chi connectivity index (χ1n) is 8.70. The summed E-state index contributed by atoms with van der Waals surface area (Å²) < 4.78 is 32.5. The summed E-state index contributed by atoms with van der Waals surface area (Å²) >= 11 is 0. The van der Waals surface area contributed by atoms with E-state index in [1.807, 2.05) is 0 Å². The van der Waals surface area contributed by atoms with E-state index in [9.17, 15) is 18.0 Å². The lowest BCUT2D eigenvalue weighted by atomic mass is 9.97. The van der Waals surface area contributed by atoms with Crippen LogP contribution in [0.15, 0.2) is 65.2 Å². The first kappa shape index (κ1) is 19.8. The summed E-state index contributed by atoms with van der Waals surface area (Å²) in [5, 5.41) is 0. The summed E-state index contributed by atoms with van der Waals surface area (Å²) in [6, 6.07) is 14.5. The zero-order valence-corrected chi connectivity index (χ0v) is 16.9. The molecule has 1 aliphatic heterocycles. The van der Waals surface area contributed by atoms with Gasteiger partial charge in [-0.3, -0.25) is 13.9 Å². The summed E-state index contributed by atoms with van der Waals surface area (Å²) in [4.78, 5) is 25.8. The Hall–Kier alpha value is -2.93. The van der Waals surface area contributed by atoms with Gasteiger partial charge in [0.05, 0.1) is 10.3 Å². The summed E-state index contributed by atoms with van der Waals surface area (Å²) in [6.07, 6.45) is 0. The van der Waals surface area contributed by atoms with Gasteiger partial charge in [0.15, 0.2) is 5.76 Å². The normalized spacial score (nSPS) is 15.8. The number of nitrogens with zero attached hydrogens (tertiary/aromatic N) is 1. The molecule has 0 saturated carbocycles. The number of carbonyl (C=O) groups is 2. The smallest absolute Gasteiger partial charge is 0.316 e. The maximum Gasteiger partial charge on any atom is 0.316 e. The summed E-state index contributed by atoms with van der Waals surface area (Å²) in [5.74, 6) is -1.16. The number of rotatable bonds is 3. The molecule has 3 rings (SSSR count). The van der Waals surface area contributed by atoms with E-state index in [2.05, 4.69) is 0 Å². The lowest BCUT2D eigenvalue weighted by Crippen LogP contribution is -2.36. The third kappa shape index (κ3) is 3.33. The van der Waals surface area contributed by atoms with Gasteiger partial charge in [-0.25, -0.2) is 8.42 Å². The Morgan fingerprint density at radius 3 is 2.11 bits per heavy atom. The van der Waals surface area contributed by atoms with Crippen LogP contribution in [-0.4, -0.2) is 31.5 Å². The van der Waals surface area contributed by atoms with E-state index >= 15 is 0 Å². The zero-order chi connectivity index (χ0) is 20.7. The molecule has 0 amide bonds. The average molecular weight is 399 g/mol. The Labute approximate surface area is 164 Å². The number of carbonyl (C=O) groups excluding carboxylic acids is 2. The van der Waals surface area contributed by atoms with Crippen LogP contribution in [0.3, 0.4) is 0 Å². The van der Waals surface area contributed by atoms with Crippen molar-refractivity contribution < 1.29 is 22.7 Å². The van der Waals surface area contributed by atoms with Gasteiger partial charge < -0.3 is 4.74 Å². The van der Waals surface area contributed by atoms with E-state index in [-0.39, 0.29) is 21.9 Å². The van der Waals surface area contributed by atoms with Gasteiger partial charge in [0.2, 0.25) is 5.78 Å². The quantitative estimate of drug-likeness (QED) is 0.583. The lowest BCUT2D eigenvalue weighted by molar-refractivity contribution is -0.145. The molecule has 0 bridgehead atoms. The highest BCUT2D eigenvalue weighted by atomic mass is 32.2. The van der Waals surface area contributed by atoms with Gasteiger partial charge in [-0.05, 0) is 32.9 Å². The number of hydrogen-bond donors (Lipinski definition) is 0. The number of sulfonamides is 1. The van der Waals surface area contributed by atoms with Crippen molar-refractivity contribution in [3.63, 3.8) is 0 Å². The minimum atomic E-state index is -3.96. The fourth-order valence-electron chi connectivity index (χ4n) is 2.74. The average Bonchev–Trinajstić information content (AvgIpc) is 2.66. The number of benzene rings is 2. The van der Waals surface area contributed by atoms with Crippen molar-refractivity contribution in [1.82, 2.24) is 4.31 Å². The van der Waals surface area contributed by atoms with Crippen molar-refractivity contribution in [3.8, 4) is 0 Å². The van der Waals surface area contributed by atoms with Crippen molar-refractivity contribution in [2.24, 2.45) is 5.41 Å². The first-order chi connectivity index (χ1) is 13.0. The number of fused-ring (bicyclic) bond motifs is 1. The van der Waals surface area contributed by atoms with Gasteiger partial charge >= 0.3 is 5.97 Å². The van der Waals surface area contributed by atoms with Gasteiger partial charge in [0.25, 0.3) is 10.0 Å². The van der Waals surface area contributed by atoms with Gasteiger partial charge in [0.1, 0.15) is 5.70 Å². The summed E-state index contributed by atoms with van der Waals surface area (Å²) in [6.45, 7) is 5.05. The number of Topliss-reactive ketones (excluding diaryl/α,β-unsaturated/α-hetero) is 1. The molecular formula is C21H21NO5S. The third-order valence-electron chi connectivity index (χ3n) is 4.36. The standard InChI is InChI=1S/C21H21NO5S/c1-21(2,3)20(24)27-19-15-12-8-9-13-16(15)28(25,26)22(4)17(19)18(23)14-10-6-5-7-11-14/h5-13H,1-4H3. The van der Waals surface area contributed by atoms with Crippen molar-refractivity contribution in [2.75, 3.05) is 7.05 Å². The zero-order valence-electron chi connectivity index (χ0n) is 16.1. The highest BCUT2D eigenvalue weighted by Crippen LogP contribution is 2.38. The van der Waals surface area contributed by atoms with Crippen molar-refractivity contribution >= 4 is 27.5 Å². The van der Waals surface area contributed by atoms with Crippen molar-refractivity contribution in [3.05, 3.63) is 71.4 Å². The van der Waals surface area contributed by atoms with Gasteiger partial charge in [-0.2, -0.15) is 0 Å². The molecule has 146 valence electrons. The topological polar surface area (TPSA) is 80.8 Å². The van der Waals surface area contributed by atoms with E-state index in [4.69, 9.17) is 4.74 Å². The number of ketones is 1. The molecular weight excluding hydrogens is 378 g/mol. The lowest BCUT2D eigenvalue weighted by Gasteiger charge is -2.31. The van der Waals surface area contributed by atoms with E-state index in [0.29, 0.717) is 5.56 Å². The van der Waals surface area contributed by atoms with Gasteiger partial charge in [-0.15, -0.1) is 0 Å². The number of allylic oxidation sites excluding steroid dienone is 1. The molecule has 7 heteroatoms. The maximum atomic E-state index is 13.2. The van der Waals surface area contributed by atoms with Crippen LogP contribution >= 0.6 is 0 Å². The van der Waals surface area contributed by atoms with E-state index in [0.717, 1.165) is 4.31 Å². The minimum Gasteiger partial charge on any atom is -0.423 e. The van der Waals surface area contributed by atoms with Crippen LogP contribution in [0, 0.1) is 5.41 Å². The largest absolute Gasteiger partial charge is 0.423 e. The van der Waals surface area contributed by atoms with Gasteiger partial charge in [0, 0.05) is 18.2 Å². The predicted molar refractivity (Wildman–Crippen MR) is 105 cm³/mol. The molecule has 0 N–H and O–H groups in total. The Morgan fingerprint density at radius 2 is 1.50 bits per heavy atom. The monoisotopic (exact) mass is 399 g/mol. The molecule has 0 aromatic heterocycles. The van der Waals surface area contributed by atoms with Gasteiger partial charge in [-0.1, -0.05) is 42.5 Å². The number of esters is 1. The summed E-state index contributed by atoms with van der Waals surface area (Å²) in [5.41, 5.74) is -0.541. The van der Waals surface area contributed by atoms with E-state index in [1.54, 1.807) is 63.2 Å². The second kappa shape index (κ2) is 6.91. The highest BCUT2D eigenvalue weighted by Gasteiger charge is 2.40. The molecule has 0 atom stereocenters.